The highest BCUT2D eigenvalue weighted by Gasteiger charge is 2.38. The van der Waals surface area contributed by atoms with Crippen LogP contribution >= 0.6 is 0 Å². The van der Waals surface area contributed by atoms with E-state index < -0.39 is 0 Å². The second-order valence-electron chi connectivity index (χ2n) is 12.3. The Morgan fingerprint density at radius 2 is 1.36 bits per heavy atom. The van der Waals surface area contributed by atoms with Crippen LogP contribution in [0.5, 0.6) is 0 Å². The van der Waals surface area contributed by atoms with E-state index in [1.54, 1.807) is 0 Å². The topological polar surface area (TPSA) is 15.3 Å². The van der Waals surface area contributed by atoms with Gasteiger partial charge in [0.05, 0.1) is 0 Å². The number of nitrogens with one attached hydrogen (secondary N) is 1. The van der Waals surface area contributed by atoms with Crippen LogP contribution in [0.4, 0.5) is 28.4 Å². The van der Waals surface area contributed by atoms with Crippen LogP contribution in [0.15, 0.2) is 121 Å². The summed E-state index contributed by atoms with van der Waals surface area (Å²) in [5.74, 6) is 1.05. The molecule has 1 aliphatic carbocycles. The predicted molar refractivity (Wildman–Crippen MR) is 182 cm³/mol. The minimum absolute atomic E-state index is 0.112. The monoisotopic (exact) mass is 546 g/mol. The van der Waals surface area contributed by atoms with Crippen molar-refractivity contribution in [2.24, 2.45) is 0 Å². The first-order valence-electron chi connectivity index (χ1n) is 15.7. The third kappa shape index (κ3) is 5.02. The molecule has 208 valence electrons. The van der Waals surface area contributed by atoms with E-state index in [4.69, 9.17) is 0 Å². The lowest BCUT2D eigenvalue weighted by Crippen LogP contribution is -2.58. The van der Waals surface area contributed by atoms with Gasteiger partial charge in [-0.15, -0.1) is 0 Å². The van der Waals surface area contributed by atoms with Gasteiger partial charge in [-0.25, -0.2) is 0 Å². The van der Waals surface area contributed by atoms with Gasteiger partial charge in [-0.3, -0.25) is 0 Å². The van der Waals surface area contributed by atoms with Crippen molar-refractivity contribution in [2.75, 3.05) is 10.2 Å². The molecule has 0 saturated heterocycles. The molecule has 0 radical (unpaired) electrons. The average molecular weight is 547 g/mol. The molecule has 1 aliphatic heterocycles. The molecule has 42 heavy (non-hydrogen) atoms. The zero-order chi connectivity index (χ0) is 28.5. The number of benzene rings is 5. The van der Waals surface area contributed by atoms with Gasteiger partial charge >= 0.3 is 0 Å². The maximum Gasteiger partial charge on any atom is 0.249 e. The summed E-state index contributed by atoms with van der Waals surface area (Å²) in [7, 11) is 0. The first-order chi connectivity index (χ1) is 20.7. The molecule has 0 amide bonds. The number of rotatable bonds is 6. The molecule has 7 rings (SSSR count). The first-order valence-corrected chi connectivity index (χ1v) is 15.7. The molecule has 5 aromatic carbocycles. The third-order valence-electron chi connectivity index (χ3n) is 9.26. The fraction of sp³-hybridized carbons (Fsp3) is 0.231. The van der Waals surface area contributed by atoms with Gasteiger partial charge in [-0.2, -0.15) is 0 Å². The van der Waals surface area contributed by atoms with Crippen LogP contribution in [0.25, 0.3) is 0 Å². The summed E-state index contributed by atoms with van der Waals surface area (Å²) in [6, 6.07) is 44.9. The third-order valence-corrected chi connectivity index (χ3v) is 9.26. The number of fused-ring (bicyclic) bond motifs is 2. The van der Waals surface area contributed by atoms with Gasteiger partial charge in [0.1, 0.15) is 0 Å². The van der Waals surface area contributed by atoms with Crippen molar-refractivity contribution in [1.29, 1.82) is 0 Å². The Morgan fingerprint density at radius 1 is 0.690 bits per heavy atom. The number of anilines is 5. The molecular weight excluding hydrogens is 507 g/mol. The van der Waals surface area contributed by atoms with Crippen molar-refractivity contribution in [1.82, 2.24) is 0 Å². The van der Waals surface area contributed by atoms with Crippen LogP contribution in [-0.4, -0.2) is 6.71 Å². The van der Waals surface area contributed by atoms with Crippen molar-refractivity contribution >= 4 is 51.5 Å². The van der Waals surface area contributed by atoms with E-state index in [9.17, 15) is 0 Å². The number of hydrogen-bond acceptors (Lipinski definition) is 2. The molecule has 1 saturated carbocycles. The zero-order valence-corrected chi connectivity index (χ0v) is 24.8. The standard InChI is InChI=1S/C39H39BN2/c1-28(2)30-23-24-37-35(25-30)40(32-17-9-4-10-18-32)39-36(41-33-19-11-5-12-20-33)26-31(29-15-7-3-8-16-29)27-38(39)42(37)34-21-13-6-14-22-34/h4-6,9-14,17-29,41H,3,7-8,15-16H2,1-2H3. The van der Waals surface area contributed by atoms with E-state index >= 15 is 0 Å². The molecule has 3 heteroatoms. The lowest BCUT2D eigenvalue weighted by Gasteiger charge is -2.39. The molecule has 0 unspecified atom stereocenters. The van der Waals surface area contributed by atoms with Crippen molar-refractivity contribution in [3.05, 3.63) is 132 Å². The van der Waals surface area contributed by atoms with E-state index in [1.165, 1.54) is 82.4 Å². The van der Waals surface area contributed by atoms with Crippen LogP contribution in [-0.2, 0) is 0 Å². The second kappa shape index (κ2) is 11.6. The Hall–Kier alpha value is -4.24. The molecule has 2 aliphatic rings. The fourth-order valence-electron chi connectivity index (χ4n) is 7.10. The molecule has 1 N–H and O–H groups in total. The van der Waals surface area contributed by atoms with E-state index in [2.05, 4.69) is 145 Å². The summed E-state index contributed by atoms with van der Waals surface area (Å²) in [6.45, 7) is 4.70. The van der Waals surface area contributed by atoms with Crippen LogP contribution in [0.1, 0.15) is 68.9 Å². The Labute approximate surface area is 251 Å². The Balaban J connectivity index is 1.54. The first kappa shape index (κ1) is 26.7. The van der Waals surface area contributed by atoms with Crippen molar-refractivity contribution < 1.29 is 0 Å². The van der Waals surface area contributed by atoms with Crippen molar-refractivity contribution in [3.63, 3.8) is 0 Å². The average Bonchev–Trinajstić information content (AvgIpc) is 3.05. The van der Waals surface area contributed by atoms with E-state index in [0.29, 0.717) is 11.8 Å². The van der Waals surface area contributed by atoms with Gasteiger partial charge in [0.15, 0.2) is 0 Å². The molecule has 2 nitrogen and oxygen atoms in total. The van der Waals surface area contributed by atoms with Crippen molar-refractivity contribution in [2.45, 2.75) is 57.8 Å². The van der Waals surface area contributed by atoms with Crippen LogP contribution in [0.2, 0.25) is 0 Å². The second-order valence-corrected chi connectivity index (χ2v) is 12.3. The molecule has 0 atom stereocenters. The summed E-state index contributed by atoms with van der Waals surface area (Å²) in [6.07, 6.45) is 6.53. The van der Waals surface area contributed by atoms with Gasteiger partial charge in [0.25, 0.3) is 0 Å². The summed E-state index contributed by atoms with van der Waals surface area (Å²) >= 11 is 0. The van der Waals surface area contributed by atoms with Gasteiger partial charge in [0.2, 0.25) is 6.71 Å². The maximum atomic E-state index is 3.92. The normalized spacial score (nSPS) is 14.9. The van der Waals surface area contributed by atoms with Crippen molar-refractivity contribution in [3.8, 4) is 0 Å². The van der Waals surface area contributed by atoms with E-state index in [1.807, 2.05) is 0 Å². The quantitative estimate of drug-likeness (QED) is 0.210. The summed E-state index contributed by atoms with van der Waals surface area (Å²) < 4.78 is 0. The fourth-order valence-corrected chi connectivity index (χ4v) is 7.10. The number of hydrogen-bond donors (Lipinski definition) is 1. The highest BCUT2D eigenvalue weighted by molar-refractivity contribution is 6.98. The highest BCUT2D eigenvalue weighted by atomic mass is 15.2. The Morgan fingerprint density at radius 3 is 2.05 bits per heavy atom. The molecular formula is C39H39BN2. The SMILES string of the molecule is CC(C)c1ccc2c(c1)B(c1ccccc1)c1c(Nc3ccccc3)cc(C3CCCCC3)cc1N2c1ccccc1. The van der Waals surface area contributed by atoms with Crippen LogP contribution in [0.3, 0.4) is 0 Å². The summed E-state index contributed by atoms with van der Waals surface area (Å²) in [5, 5.41) is 3.92. The lowest BCUT2D eigenvalue weighted by atomic mass is 9.34. The zero-order valence-electron chi connectivity index (χ0n) is 24.8. The molecule has 1 fully saturated rings. The van der Waals surface area contributed by atoms with Gasteiger partial charge < -0.3 is 10.2 Å². The van der Waals surface area contributed by atoms with E-state index in [-0.39, 0.29) is 6.71 Å². The summed E-state index contributed by atoms with van der Waals surface area (Å²) in [5.41, 5.74) is 13.0. The smallest absolute Gasteiger partial charge is 0.249 e. The molecule has 0 aromatic heterocycles. The minimum atomic E-state index is 0.112. The molecule has 0 spiro atoms. The summed E-state index contributed by atoms with van der Waals surface area (Å²) in [4.78, 5) is 2.52. The number of para-hydroxylation sites is 2. The minimum Gasteiger partial charge on any atom is -0.356 e. The number of nitrogens with zero attached hydrogens (tertiary/aromatic N) is 1. The largest absolute Gasteiger partial charge is 0.356 e. The Bertz CT molecular complexity index is 1660. The van der Waals surface area contributed by atoms with E-state index in [0.717, 1.165) is 5.69 Å². The molecule has 5 aromatic rings. The maximum absolute atomic E-state index is 3.92. The van der Waals surface area contributed by atoms with Crippen LogP contribution in [0, 0.1) is 0 Å². The predicted octanol–water partition coefficient (Wildman–Crippen LogP) is 8.90. The van der Waals surface area contributed by atoms with Gasteiger partial charge in [-0.1, -0.05) is 117 Å². The molecule has 0 bridgehead atoms. The Kier molecular flexibility index (Phi) is 7.34. The highest BCUT2D eigenvalue weighted by Crippen LogP contribution is 2.42. The van der Waals surface area contributed by atoms with Gasteiger partial charge in [0, 0.05) is 28.4 Å². The van der Waals surface area contributed by atoms with Crippen LogP contribution < -0.4 is 26.6 Å². The van der Waals surface area contributed by atoms with Gasteiger partial charge in [-0.05, 0) is 89.2 Å². The molecule has 1 heterocycles. The lowest BCUT2D eigenvalue weighted by molar-refractivity contribution is 0.444.